The fourth-order valence-electron chi connectivity index (χ4n) is 7.64. The van der Waals surface area contributed by atoms with Gasteiger partial charge < -0.3 is 27.0 Å². The second-order valence-corrected chi connectivity index (χ2v) is 24.9. The van der Waals surface area contributed by atoms with Gasteiger partial charge in [0.25, 0.3) is 84.3 Å². The maximum absolute atomic E-state index is 13.7. The number of hydrogen-bond acceptors (Lipinski definition) is 17. The third kappa shape index (κ3) is 12.3. The minimum atomic E-state index is -5.47. The lowest BCUT2D eigenvalue weighted by molar-refractivity contribution is 0.101. The van der Waals surface area contributed by atoms with Gasteiger partial charge in [0.1, 0.15) is 19.6 Å². The van der Waals surface area contributed by atoms with E-state index in [0.29, 0.717) is 35.4 Å². The lowest BCUT2D eigenvalue weighted by atomic mass is 10.0. The van der Waals surface area contributed by atoms with E-state index in [1.54, 1.807) is 0 Å². The van der Waals surface area contributed by atoms with E-state index >= 15 is 0 Å². The average Bonchev–Trinajstić information content (AvgIpc) is 3.29. The maximum Gasteiger partial charge on any atom is 0.295 e. The standard InChI is InChI=1S/C44H35N5O22S6/c1-20-3-5-22(41(50)46-31-7-9-35(74(60,61)62)29-16-27(72(54,55)56)18-37(39(29)31)76(66,67)68)14-33(20)48-43(52)24-11-25(13-26(45)12-24)44(53)49-34-15-23(6-4-21(34)2)42(51)47-32-8-10-36(75(63,64)65)30-17-28(73(57,58)59)19-38(40(30)32)77(69,70)71/h3-19H,45H2,1-2H3,(H,46,50)(H,47,51)(H,48,52)(H,49,53)(H,54,55,56)(H,57,58,59)(H,60,61,62)(H,63,64,65)(H,66,67,68)(H,69,70,71). The highest BCUT2D eigenvalue weighted by molar-refractivity contribution is 7.88. The van der Waals surface area contributed by atoms with Gasteiger partial charge in [-0.3, -0.25) is 46.5 Å². The summed E-state index contributed by atoms with van der Waals surface area (Å²) < 4.78 is 206. The molecule has 0 bridgehead atoms. The van der Waals surface area contributed by atoms with Crippen LogP contribution in [0.2, 0.25) is 0 Å². The van der Waals surface area contributed by atoms with Crippen LogP contribution in [0.1, 0.15) is 52.6 Å². The fraction of sp³-hybridized carbons (Fsp3) is 0.0455. The van der Waals surface area contributed by atoms with Gasteiger partial charge in [-0.2, -0.15) is 50.5 Å². The van der Waals surface area contributed by atoms with E-state index in [-0.39, 0.29) is 51.4 Å². The topological polar surface area (TPSA) is 469 Å². The molecule has 0 spiro atoms. The molecule has 0 aliphatic carbocycles. The highest BCUT2D eigenvalue weighted by atomic mass is 32.2. The first-order valence-corrected chi connectivity index (χ1v) is 29.4. The van der Waals surface area contributed by atoms with E-state index in [1.165, 1.54) is 50.2 Å². The summed E-state index contributed by atoms with van der Waals surface area (Å²) in [7, 11) is -32.0. The number of carbonyl (C=O) groups is 4. The molecule has 0 heterocycles. The molecule has 0 saturated heterocycles. The fourth-order valence-corrected chi connectivity index (χ4v) is 11.7. The zero-order valence-corrected chi connectivity index (χ0v) is 43.5. The molecule has 0 unspecified atom stereocenters. The number of rotatable bonds is 14. The number of nitrogens with two attached hydrogens (primary N) is 1. The van der Waals surface area contributed by atoms with Crippen LogP contribution in [0.25, 0.3) is 21.5 Å². The Labute approximate surface area is 435 Å². The van der Waals surface area contributed by atoms with Crippen molar-refractivity contribution in [1.29, 1.82) is 0 Å². The van der Waals surface area contributed by atoms with Crippen molar-refractivity contribution >= 4 is 134 Å². The quantitative estimate of drug-likeness (QED) is 0.0520. The van der Waals surface area contributed by atoms with Gasteiger partial charge in [0.05, 0.1) is 21.2 Å². The first-order valence-electron chi connectivity index (χ1n) is 20.8. The summed E-state index contributed by atoms with van der Waals surface area (Å²) in [6.45, 7) is 3.03. The van der Waals surface area contributed by atoms with Crippen LogP contribution in [-0.4, -0.2) is 101 Å². The van der Waals surface area contributed by atoms with Gasteiger partial charge in [-0.25, -0.2) is 0 Å². The smallest absolute Gasteiger partial charge is 0.295 e. The molecular weight excluding hydrogens is 1140 g/mol. The summed E-state index contributed by atoms with van der Waals surface area (Å²) in [4.78, 5) is 47.7. The maximum atomic E-state index is 13.7. The summed E-state index contributed by atoms with van der Waals surface area (Å²) >= 11 is 0. The van der Waals surface area contributed by atoms with Crippen molar-refractivity contribution in [2.24, 2.45) is 0 Å². The van der Waals surface area contributed by atoms with Crippen LogP contribution in [0.4, 0.5) is 28.4 Å². The summed E-state index contributed by atoms with van der Waals surface area (Å²) in [6, 6.07) is 15.4. The molecule has 7 aromatic carbocycles. The van der Waals surface area contributed by atoms with E-state index in [9.17, 15) is 97.0 Å². The molecule has 0 fully saturated rings. The number of carbonyl (C=O) groups excluding carboxylic acids is 4. The zero-order chi connectivity index (χ0) is 57.3. The van der Waals surface area contributed by atoms with Gasteiger partial charge in [0.15, 0.2) is 0 Å². The monoisotopic (exact) mass is 1180 g/mol. The second kappa shape index (κ2) is 20.0. The average molecular weight is 1180 g/mol. The van der Waals surface area contributed by atoms with Crippen molar-refractivity contribution in [3.05, 3.63) is 137 Å². The number of fused-ring (bicyclic) bond motifs is 2. The van der Waals surface area contributed by atoms with E-state index in [2.05, 4.69) is 21.3 Å². The molecule has 77 heavy (non-hydrogen) atoms. The molecule has 0 aromatic heterocycles. The largest absolute Gasteiger partial charge is 0.399 e. The van der Waals surface area contributed by atoms with Crippen molar-refractivity contribution in [3.63, 3.8) is 0 Å². The van der Waals surface area contributed by atoms with Gasteiger partial charge in [-0.1, -0.05) is 12.1 Å². The van der Waals surface area contributed by atoms with Crippen LogP contribution < -0.4 is 27.0 Å². The number of aryl methyl sites for hydroxylation is 2. The van der Waals surface area contributed by atoms with Crippen LogP contribution in [0.3, 0.4) is 0 Å². The Hall–Kier alpha value is -7.80. The van der Waals surface area contributed by atoms with Gasteiger partial charge in [-0.15, -0.1) is 0 Å². The Morgan fingerprint density at radius 2 is 0.662 bits per heavy atom. The molecule has 7 aromatic rings. The van der Waals surface area contributed by atoms with Gasteiger partial charge in [0, 0.05) is 60.9 Å². The molecule has 0 atom stereocenters. The number of hydrogen-bond donors (Lipinski definition) is 11. The molecule has 404 valence electrons. The molecule has 0 aliphatic heterocycles. The Morgan fingerprint density at radius 3 is 0.974 bits per heavy atom. The summed E-state index contributed by atoms with van der Waals surface area (Å²) in [5.41, 5.74) is 4.58. The van der Waals surface area contributed by atoms with Crippen LogP contribution in [0, 0.1) is 13.8 Å². The first-order chi connectivity index (χ1) is 35.3. The van der Waals surface area contributed by atoms with Crippen LogP contribution in [0.5, 0.6) is 0 Å². The highest BCUT2D eigenvalue weighted by Crippen LogP contribution is 2.39. The summed E-state index contributed by atoms with van der Waals surface area (Å²) in [6.07, 6.45) is 0. The van der Waals surface area contributed by atoms with Crippen LogP contribution >= 0.6 is 0 Å². The van der Waals surface area contributed by atoms with E-state index in [1.807, 2.05) is 0 Å². The molecule has 4 amide bonds. The summed E-state index contributed by atoms with van der Waals surface area (Å²) in [5.74, 6) is -3.92. The molecule has 0 saturated carbocycles. The molecule has 0 radical (unpaired) electrons. The molecule has 0 aliphatic rings. The number of nitrogens with one attached hydrogen (secondary N) is 4. The molecule has 12 N–H and O–H groups in total. The minimum Gasteiger partial charge on any atom is -0.399 e. The summed E-state index contributed by atoms with van der Waals surface area (Å²) in [5, 5.41) is 6.38. The van der Waals surface area contributed by atoms with Crippen LogP contribution in [0.15, 0.2) is 133 Å². The lowest BCUT2D eigenvalue weighted by Gasteiger charge is -2.16. The van der Waals surface area contributed by atoms with Crippen molar-refractivity contribution in [1.82, 2.24) is 0 Å². The van der Waals surface area contributed by atoms with Gasteiger partial charge >= 0.3 is 0 Å². The normalized spacial score (nSPS) is 12.5. The number of nitrogen functional groups attached to an aromatic ring is 1. The Bertz CT molecular complexity index is 4230. The predicted octanol–water partition coefficient (Wildman–Crippen LogP) is 4.68. The molecule has 27 nitrogen and oxygen atoms in total. The third-order valence-electron chi connectivity index (χ3n) is 11.2. The minimum absolute atomic E-state index is 0.0239. The number of benzene rings is 7. The second-order valence-electron chi connectivity index (χ2n) is 16.5. The first kappa shape index (κ1) is 56.9. The van der Waals surface area contributed by atoms with Gasteiger partial charge in [-0.05, 0) is 116 Å². The predicted molar refractivity (Wildman–Crippen MR) is 272 cm³/mol. The molecule has 33 heteroatoms. The number of amides is 4. The number of anilines is 5. The SMILES string of the molecule is Cc1ccc(C(=O)Nc2ccc(S(=O)(=O)O)c3cc(S(=O)(=O)O)cc(S(=O)(=O)O)c23)cc1NC(=O)c1cc(N)cc(C(=O)Nc2cc(C(=O)Nc3ccc(S(=O)(=O)O)c4cc(S(=O)(=O)O)cc(S(=O)(=O)O)c34)ccc2C)c1. The lowest BCUT2D eigenvalue weighted by Crippen LogP contribution is -2.18. The van der Waals surface area contributed by atoms with Crippen molar-refractivity contribution in [2.75, 3.05) is 27.0 Å². The van der Waals surface area contributed by atoms with Crippen molar-refractivity contribution in [2.45, 2.75) is 43.2 Å². The third-order valence-corrected chi connectivity index (χ3v) is 16.4. The Balaban J connectivity index is 1.15. The van der Waals surface area contributed by atoms with E-state index in [0.717, 1.165) is 30.3 Å². The van der Waals surface area contributed by atoms with Crippen LogP contribution in [-0.2, 0) is 60.7 Å². The highest BCUT2D eigenvalue weighted by Gasteiger charge is 2.30. The Kier molecular flexibility index (Phi) is 14.8. The van der Waals surface area contributed by atoms with E-state index in [4.69, 9.17) is 5.73 Å². The van der Waals surface area contributed by atoms with Crippen molar-refractivity contribution < 1.29 is 97.0 Å². The van der Waals surface area contributed by atoms with Crippen molar-refractivity contribution in [3.8, 4) is 0 Å². The van der Waals surface area contributed by atoms with Gasteiger partial charge in [0.2, 0.25) is 0 Å². The van der Waals surface area contributed by atoms with E-state index < -0.39 is 147 Å². The Morgan fingerprint density at radius 1 is 0.351 bits per heavy atom. The molecular formula is C44H35N5O22S6. The zero-order valence-electron chi connectivity index (χ0n) is 38.6. The molecule has 7 rings (SSSR count).